The van der Waals surface area contributed by atoms with E-state index in [0.29, 0.717) is 0 Å². The topological polar surface area (TPSA) is 19.6 Å². The summed E-state index contributed by atoms with van der Waals surface area (Å²) < 4.78 is 7.25. The number of fused-ring (bicyclic) bond motifs is 12. The van der Waals surface area contributed by atoms with Crippen LogP contribution in [-0.2, 0) is 10.8 Å². The first-order valence-corrected chi connectivity index (χ1v) is 28.2. The lowest BCUT2D eigenvalue weighted by molar-refractivity contribution is 0.600. The van der Waals surface area contributed by atoms with Crippen LogP contribution in [0.25, 0.3) is 88.7 Å². The van der Waals surface area contributed by atoms with E-state index in [2.05, 4.69) is 317 Å². The van der Waals surface area contributed by atoms with Crippen molar-refractivity contribution in [3.63, 3.8) is 0 Å². The van der Waals surface area contributed by atoms with Gasteiger partial charge in [0, 0.05) is 61.0 Å². The van der Waals surface area contributed by atoms with Gasteiger partial charge in [-0.15, -0.1) is 0 Å². The van der Waals surface area contributed by atoms with E-state index in [4.69, 9.17) is 4.42 Å². The van der Waals surface area contributed by atoms with Crippen molar-refractivity contribution in [3.8, 4) is 66.8 Å². The summed E-state index contributed by atoms with van der Waals surface area (Å²) in [7, 11) is 0. The molecule has 1 heterocycles. The summed E-state index contributed by atoms with van der Waals surface area (Å²) in [6.07, 6.45) is 0. The van der Waals surface area contributed by atoms with Crippen LogP contribution in [0.2, 0.25) is 0 Å². The second-order valence-electron chi connectivity index (χ2n) is 22.8. The van der Waals surface area contributed by atoms with Gasteiger partial charge >= 0.3 is 0 Å². The van der Waals surface area contributed by atoms with E-state index in [0.717, 1.165) is 56.2 Å². The van der Waals surface area contributed by atoms with E-state index in [1.54, 1.807) is 0 Å². The molecule has 0 N–H and O–H groups in total. The summed E-state index contributed by atoms with van der Waals surface area (Å²) in [5.41, 5.74) is 27.2. The average Bonchev–Trinajstić information content (AvgIpc) is 4.01. The number of rotatable bonds is 10. The van der Waals surface area contributed by atoms with Crippen molar-refractivity contribution in [2.24, 2.45) is 0 Å². The highest BCUT2D eigenvalue weighted by atomic mass is 16.3. The predicted octanol–water partition coefficient (Wildman–Crippen LogP) is 21.8. The molecule has 0 saturated heterocycles. The van der Waals surface area contributed by atoms with Gasteiger partial charge in [-0.1, -0.05) is 240 Å². The highest BCUT2D eigenvalue weighted by molar-refractivity contribution is 6.21. The van der Waals surface area contributed by atoms with Gasteiger partial charge in [0.05, 0.1) is 11.4 Å². The number of anilines is 6. The molecule has 15 rings (SSSR count). The first-order valence-electron chi connectivity index (χ1n) is 28.2. The van der Waals surface area contributed by atoms with Gasteiger partial charge < -0.3 is 14.2 Å². The van der Waals surface area contributed by atoms with Crippen LogP contribution in [0.3, 0.4) is 0 Å². The van der Waals surface area contributed by atoms with Crippen molar-refractivity contribution >= 4 is 56.1 Å². The second kappa shape index (κ2) is 18.9. The summed E-state index contributed by atoms with van der Waals surface area (Å²) >= 11 is 0. The van der Waals surface area contributed by atoms with Gasteiger partial charge in [0.1, 0.15) is 11.2 Å². The first-order chi connectivity index (χ1) is 39.7. The Morgan fingerprint density at radius 3 is 1.17 bits per heavy atom. The van der Waals surface area contributed by atoms with Crippen LogP contribution < -0.4 is 9.80 Å². The van der Waals surface area contributed by atoms with Gasteiger partial charge in [0.2, 0.25) is 0 Å². The van der Waals surface area contributed by atoms with Crippen molar-refractivity contribution in [3.05, 3.63) is 301 Å². The molecule has 2 aliphatic rings. The van der Waals surface area contributed by atoms with Crippen LogP contribution >= 0.6 is 0 Å². The van der Waals surface area contributed by atoms with Crippen LogP contribution in [0, 0.1) is 0 Å². The number of hydrogen-bond acceptors (Lipinski definition) is 3. The third-order valence-electron chi connectivity index (χ3n) is 17.4. The van der Waals surface area contributed by atoms with Crippen molar-refractivity contribution in [1.29, 1.82) is 0 Å². The highest BCUT2D eigenvalue weighted by Gasteiger charge is 2.49. The normalized spacial score (nSPS) is 13.4. The van der Waals surface area contributed by atoms with Crippen molar-refractivity contribution < 1.29 is 4.42 Å². The summed E-state index contributed by atoms with van der Waals surface area (Å²) in [6, 6.07) is 102. The molecule has 12 aromatic carbocycles. The molecule has 0 radical (unpaired) electrons. The van der Waals surface area contributed by atoms with Crippen LogP contribution in [0.5, 0.6) is 0 Å². The summed E-state index contributed by atoms with van der Waals surface area (Å²) in [4.78, 5) is 4.94. The maximum absolute atomic E-state index is 7.25. The van der Waals surface area contributed by atoms with E-state index in [9.17, 15) is 0 Å². The Kier molecular flexibility index (Phi) is 11.2. The van der Waals surface area contributed by atoms with Gasteiger partial charge in [0.25, 0.3) is 0 Å². The molecule has 81 heavy (non-hydrogen) atoms. The molecule has 0 saturated carbocycles. The highest BCUT2D eigenvalue weighted by Crippen LogP contribution is 2.64. The molecule has 2 aliphatic carbocycles. The monoisotopic (exact) mass is 1040 g/mol. The first kappa shape index (κ1) is 48.2. The molecule has 13 aromatic rings. The zero-order valence-corrected chi connectivity index (χ0v) is 45.9. The molecule has 0 atom stereocenters. The van der Waals surface area contributed by atoms with E-state index < -0.39 is 10.8 Å². The lowest BCUT2D eigenvalue weighted by Gasteiger charge is -2.32. The van der Waals surface area contributed by atoms with Gasteiger partial charge in [-0.25, -0.2) is 0 Å². The molecule has 0 spiro atoms. The molecule has 1 aromatic heterocycles. The Morgan fingerprint density at radius 1 is 0.296 bits per heavy atom. The minimum atomic E-state index is -0.435. The van der Waals surface area contributed by atoms with Crippen molar-refractivity contribution in [2.45, 2.75) is 38.5 Å². The molecule has 3 heteroatoms. The van der Waals surface area contributed by atoms with Crippen LogP contribution in [0.4, 0.5) is 34.1 Å². The zero-order chi connectivity index (χ0) is 54.4. The van der Waals surface area contributed by atoms with E-state index >= 15 is 0 Å². The fourth-order valence-electron chi connectivity index (χ4n) is 13.6. The predicted molar refractivity (Wildman–Crippen MR) is 340 cm³/mol. The van der Waals surface area contributed by atoms with E-state index in [1.807, 2.05) is 0 Å². The molecule has 0 bridgehead atoms. The fraction of sp³-hybridized carbons (Fsp3) is 0.0769. The lowest BCUT2D eigenvalue weighted by Crippen LogP contribution is -2.24. The maximum atomic E-state index is 7.25. The smallest absolute Gasteiger partial charge is 0.144 e. The maximum Gasteiger partial charge on any atom is 0.144 e. The third-order valence-corrected chi connectivity index (χ3v) is 17.4. The molecule has 0 amide bonds. The Morgan fingerprint density at radius 2 is 0.679 bits per heavy atom. The molecule has 0 fully saturated rings. The standard InChI is InChI=1S/C78H58N2O/c1-77(2)66-49-59(79(57-35-23-33-55(47-57)51-25-9-5-10-26-51)68-40-20-17-37-61(68)53-29-13-7-14-30-53)43-45-63(66)71-72-65-39-19-22-42-70(65)81-76(72)73-64-46-44-60(50-67(64)78(3,4)75(73)74(71)77)80(58-36-24-34-56(48-58)52-27-11-6-12-28-52)69-41-21-18-38-62(69)54-31-15-8-16-32-54/h5-50H,1-4H3. The summed E-state index contributed by atoms with van der Waals surface area (Å²) in [6.45, 7) is 9.81. The number of nitrogens with zero attached hydrogens (tertiary/aromatic N) is 2. The fourth-order valence-corrected chi connectivity index (χ4v) is 13.6. The van der Waals surface area contributed by atoms with Gasteiger partial charge in [-0.05, 0) is 139 Å². The van der Waals surface area contributed by atoms with Crippen molar-refractivity contribution in [1.82, 2.24) is 0 Å². The Hall–Kier alpha value is -9.96. The quantitative estimate of drug-likeness (QED) is 0.136. The van der Waals surface area contributed by atoms with Crippen LogP contribution in [0.1, 0.15) is 49.9 Å². The third kappa shape index (κ3) is 7.71. The van der Waals surface area contributed by atoms with Crippen LogP contribution in [-0.4, -0.2) is 0 Å². The van der Waals surface area contributed by atoms with Crippen molar-refractivity contribution in [2.75, 3.05) is 9.80 Å². The molecule has 0 aliphatic heterocycles. The molecule has 0 unspecified atom stereocenters. The summed E-state index contributed by atoms with van der Waals surface area (Å²) in [5.74, 6) is 0. The lowest BCUT2D eigenvalue weighted by atomic mass is 9.72. The number of para-hydroxylation sites is 3. The minimum Gasteiger partial charge on any atom is -0.455 e. The molecule has 3 nitrogen and oxygen atoms in total. The largest absolute Gasteiger partial charge is 0.455 e. The number of benzene rings is 12. The number of hydrogen-bond donors (Lipinski definition) is 0. The second-order valence-corrected chi connectivity index (χ2v) is 22.8. The van der Waals surface area contributed by atoms with Gasteiger partial charge in [-0.3, -0.25) is 0 Å². The SMILES string of the molecule is CC1(C)c2cc(N(c3cccc(-c4ccccc4)c3)c3ccccc3-c3ccccc3)ccc2-c2c1c1c(c3c2oc2ccccc23)-c2ccc(N(c3cccc(-c4ccccc4)c3)c3ccccc3-c3ccccc3)cc2C1(C)C. The number of furan rings is 1. The van der Waals surface area contributed by atoms with E-state index in [1.165, 1.54) is 88.8 Å². The zero-order valence-electron chi connectivity index (χ0n) is 45.9. The van der Waals surface area contributed by atoms with Gasteiger partial charge in [0.15, 0.2) is 0 Å². The Bertz CT molecular complexity index is 4570. The Balaban J connectivity index is 0.935. The molecular weight excluding hydrogens is 981 g/mol. The summed E-state index contributed by atoms with van der Waals surface area (Å²) in [5, 5.41) is 2.32. The molecular formula is C78H58N2O. The van der Waals surface area contributed by atoms with Gasteiger partial charge in [-0.2, -0.15) is 0 Å². The average molecular weight is 1040 g/mol. The van der Waals surface area contributed by atoms with Crippen LogP contribution in [0.15, 0.2) is 283 Å². The minimum absolute atomic E-state index is 0.422. The van der Waals surface area contributed by atoms with E-state index in [-0.39, 0.29) is 0 Å². The molecule has 386 valence electrons. The Labute approximate surface area is 474 Å².